The molecule has 2 heterocycles. The summed E-state index contributed by atoms with van der Waals surface area (Å²) in [5.74, 6) is -0.403. The van der Waals surface area contributed by atoms with Gasteiger partial charge in [-0.05, 0) is 43.8 Å². The second-order valence-electron chi connectivity index (χ2n) is 6.00. The van der Waals surface area contributed by atoms with E-state index in [0.29, 0.717) is 5.56 Å². The Morgan fingerprint density at radius 2 is 2.09 bits per heavy atom. The van der Waals surface area contributed by atoms with Gasteiger partial charge in [0.1, 0.15) is 0 Å². The highest BCUT2D eigenvalue weighted by molar-refractivity contribution is 5.96. The minimum absolute atomic E-state index is 0.403. The SMILES string of the molecule is CN(C)CCC=C1c2ccccc2C=Cn2cc(C(N)=O)cc21. The molecule has 1 aliphatic heterocycles. The van der Waals surface area contributed by atoms with Gasteiger partial charge in [0.15, 0.2) is 0 Å². The van der Waals surface area contributed by atoms with Crippen molar-refractivity contribution in [2.24, 2.45) is 5.73 Å². The third-order valence-electron chi connectivity index (χ3n) is 4.00. The third-order valence-corrected chi connectivity index (χ3v) is 4.00. The Labute approximate surface area is 136 Å². The van der Waals surface area contributed by atoms with Gasteiger partial charge in [0.05, 0.1) is 11.3 Å². The lowest BCUT2D eigenvalue weighted by Gasteiger charge is -2.12. The van der Waals surface area contributed by atoms with Crippen LogP contribution in [0, 0.1) is 0 Å². The van der Waals surface area contributed by atoms with E-state index in [9.17, 15) is 4.79 Å². The molecule has 23 heavy (non-hydrogen) atoms. The number of fused-ring (bicyclic) bond motifs is 2. The number of nitrogens with zero attached hydrogens (tertiary/aromatic N) is 2. The minimum atomic E-state index is -0.403. The highest BCUT2D eigenvalue weighted by Gasteiger charge is 2.17. The van der Waals surface area contributed by atoms with Crippen molar-refractivity contribution in [1.29, 1.82) is 0 Å². The average Bonchev–Trinajstić information content (AvgIpc) is 2.88. The zero-order valence-electron chi connectivity index (χ0n) is 13.5. The van der Waals surface area contributed by atoms with Crippen molar-refractivity contribution in [3.8, 4) is 0 Å². The largest absolute Gasteiger partial charge is 0.366 e. The van der Waals surface area contributed by atoms with Gasteiger partial charge in [-0.25, -0.2) is 0 Å². The number of carbonyl (C=O) groups excluding carboxylic acids is 1. The number of benzene rings is 1. The summed E-state index contributed by atoms with van der Waals surface area (Å²) in [7, 11) is 4.13. The molecule has 4 heteroatoms. The average molecular weight is 307 g/mol. The number of carbonyl (C=O) groups is 1. The molecule has 1 amide bonds. The fourth-order valence-electron chi connectivity index (χ4n) is 2.82. The monoisotopic (exact) mass is 307 g/mol. The Balaban J connectivity index is 2.11. The molecule has 2 aromatic rings. The highest BCUT2D eigenvalue weighted by atomic mass is 16.1. The molecule has 0 spiro atoms. The van der Waals surface area contributed by atoms with E-state index in [1.807, 2.05) is 29.0 Å². The molecule has 2 N–H and O–H groups in total. The van der Waals surface area contributed by atoms with Gasteiger partial charge in [-0.2, -0.15) is 0 Å². The van der Waals surface area contributed by atoms with Crippen LogP contribution in [-0.2, 0) is 0 Å². The van der Waals surface area contributed by atoms with Gasteiger partial charge >= 0.3 is 0 Å². The quantitative estimate of drug-likeness (QED) is 0.806. The lowest BCUT2D eigenvalue weighted by atomic mass is 9.96. The molecule has 0 unspecified atom stereocenters. The summed E-state index contributed by atoms with van der Waals surface area (Å²) >= 11 is 0. The fourth-order valence-corrected chi connectivity index (χ4v) is 2.82. The van der Waals surface area contributed by atoms with Crippen LogP contribution in [0.5, 0.6) is 0 Å². The second kappa shape index (κ2) is 6.26. The van der Waals surface area contributed by atoms with Crippen molar-refractivity contribution in [3.63, 3.8) is 0 Å². The summed E-state index contributed by atoms with van der Waals surface area (Å²) in [6, 6.07) is 10.2. The lowest BCUT2D eigenvalue weighted by Crippen LogP contribution is -2.12. The fraction of sp³-hybridized carbons (Fsp3) is 0.211. The number of nitrogens with two attached hydrogens (primary N) is 1. The van der Waals surface area contributed by atoms with E-state index >= 15 is 0 Å². The van der Waals surface area contributed by atoms with Crippen LogP contribution in [-0.4, -0.2) is 36.0 Å². The molecule has 4 nitrogen and oxygen atoms in total. The number of rotatable bonds is 4. The van der Waals surface area contributed by atoms with E-state index in [1.54, 1.807) is 6.20 Å². The van der Waals surface area contributed by atoms with Crippen LogP contribution >= 0.6 is 0 Å². The maximum Gasteiger partial charge on any atom is 0.250 e. The van der Waals surface area contributed by atoms with E-state index in [0.717, 1.165) is 24.2 Å². The second-order valence-corrected chi connectivity index (χ2v) is 6.00. The molecule has 1 aromatic heterocycles. The Morgan fingerprint density at radius 3 is 2.83 bits per heavy atom. The van der Waals surface area contributed by atoms with Gasteiger partial charge in [-0.15, -0.1) is 0 Å². The van der Waals surface area contributed by atoms with Crippen LogP contribution in [0.3, 0.4) is 0 Å². The summed E-state index contributed by atoms with van der Waals surface area (Å²) in [6.45, 7) is 0.975. The van der Waals surface area contributed by atoms with Crippen LogP contribution in [0.1, 0.15) is 33.6 Å². The Bertz CT molecular complexity index is 797. The van der Waals surface area contributed by atoms with E-state index in [1.165, 1.54) is 11.1 Å². The van der Waals surface area contributed by atoms with Gasteiger partial charge < -0.3 is 15.2 Å². The molecule has 1 aliphatic rings. The predicted molar refractivity (Wildman–Crippen MR) is 94.9 cm³/mol. The van der Waals surface area contributed by atoms with Crippen molar-refractivity contribution in [1.82, 2.24) is 9.47 Å². The topological polar surface area (TPSA) is 51.3 Å². The normalized spacial score (nSPS) is 14.7. The van der Waals surface area contributed by atoms with Crippen molar-refractivity contribution in [2.45, 2.75) is 6.42 Å². The molecule has 0 bridgehead atoms. The van der Waals surface area contributed by atoms with Crippen LogP contribution < -0.4 is 5.73 Å². The summed E-state index contributed by atoms with van der Waals surface area (Å²) in [5.41, 5.74) is 10.5. The smallest absolute Gasteiger partial charge is 0.250 e. The molecule has 1 aromatic carbocycles. The Hall–Kier alpha value is -2.59. The van der Waals surface area contributed by atoms with Gasteiger partial charge in [0.25, 0.3) is 0 Å². The van der Waals surface area contributed by atoms with E-state index in [4.69, 9.17) is 5.73 Å². The van der Waals surface area contributed by atoms with Crippen LogP contribution in [0.2, 0.25) is 0 Å². The number of hydrogen-bond acceptors (Lipinski definition) is 2. The van der Waals surface area contributed by atoms with Crippen LogP contribution in [0.4, 0.5) is 0 Å². The van der Waals surface area contributed by atoms with Gasteiger partial charge in [-0.1, -0.05) is 30.3 Å². The van der Waals surface area contributed by atoms with Crippen molar-refractivity contribution >= 4 is 23.8 Å². The predicted octanol–water partition coefficient (Wildman–Crippen LogP) is 2.91. The first-order valence-electron chi connectivity index (χ1n) is 7.71. The van der Waals surface area contributed by atoms with Gasteiger partial charge in [0, 0.05) is 24.5 Å². The van der Waals surface area contributed by atoms with Crippen molar-refractivity contribution < 1.29 is 4.79 Å². The number of amides is 1. The van der Waals surface area contributed by atoms with E-state index < -0.39 is 5.91 Å². The molecule has 3 rings (SSSR count). The summed E-state index contributed by atoms with van der Waals surface area (Å²) in [6.07, 6.45) is 9.01. The molecular weight excluding hydrogens is 286 g/mol. The van der Waals surface area contributed by atoms with E-state index in [-0.39, 0.29) is 0 Å². The molecule has 0 radical (unpaired) electrons. The Kier molecular flexibility index (Phi) is 4.17. The van der Waals surface area contributed by atoms with Crippen molar-refractivity contribution in [3.05, 3.63) is 65.0 Å². The summed E-state index contributed by atoms with van der Waals surface area (Å²) in [5, 5.41) is 0. The molecule has 0 atom stereocenters. The Morgan fingerprint density at radius 1 is 1.30 bits per heavy atom. The van der Waals surface area contributed by atoms with Gasteiger partial charge in [0.2, 0.25) is 5.91 Å². The molecule has 0 aliphatic carbocycles. The first-order valence-corrected chi connectivity index (χ1v) is 7.71. The molecule has 0 saturated heterocycles. The highest BCUT2D eigenvalue weighted by Crippen LogP contribution is 2.32. The number of aromatic nitrogens is 1. The van der Waals surface area contributed by atoms with Crippen LogP contribution in [0.15, 0.2) is 42.6 Å². The van der Waals surface area contributed by atoms with Gasteiger partial charge in [-0.3, -0.25) is 4.79 Å². The molecular formula is C19H21N3O. The first kappa shape index (κ1) is 15.3. The maximum atomic E-state index is 11.5. The van der Waals surface area contributed by atoms with Crippen LogP contribution in [0.25, 0.3) is 17.8 Å². The zero-order valence-corrected chi connectivity index (χ0v) is 13.5. The zero-order chi connectivity index (χ0) is 16.4. The van der Waals surface area contributed by atoms with E-state index in [2.05, 4.69) is 43.3 Å². The minimum Gasteiger partial charge on any atom is -0.366 e. The summed E-state index contributed by atoms with van der Waals surface area (Å²) < 4.78 is 1.97. The summed E-state index contributed by atoms with van der Waals surface area (Å²) in [4.78, 5) is 13.7. The lowest BCUT2D eigenvalue weighted by molar-refractivity contribution is 0.100. The first-order chi connectivity index (χ1) is 11.1. The number of primary amides is 1. The standard InChI is InChI=1S/C19H21N3O/c1-21(2)10-5-8-17-16-7-4-3-6-14(16)9-11-22-13-15(19(20)23)12-18(17)22/h3-4,6-9,11-13H,5,10H2,1-2H3,(H2,20,23). The maximum absolute atomic E-state index is 11.5. The van der Waals surface area contributed by atoms with Crippen molar-refractivity contribution in [2.75, 3.05) is 20.6 Å². The number of hydrogen-bond donors (Lipinski definition) is 1. The third kappa shape index (κ3) is 3.12. The molecule has 118 valence electrons. The molecule has 0 fully saturated rings. The molecule has 0 saturated carbocycles.